The van der Waals surface area contributed by atoms with E-state index in [1.54, 1.807) is 0 Å². The van der Waals surface area contributed by atoms with Crippen LogP contribution in [0.15, 0.2) is 18.2 Å². The largest absolute Gasteiger partial charge is 0.493 e. The summed E-state index contributed by atoms with van der Waals surface area (Å²) in [4.78, 5) is 0. The number of halogens is 1. The van der Waals surface area contributed by atoms with Crippen LogP contribution in [0.4, 0.5) is 0 Å². The fourth-order valence-corrected chi connectivity index (χ4v) is 2.82. The third-order valence-electron chi connectivity index (χ3n) is 3.75. The second-order valence-electron chi connectivity index (χ2n) is 5.48. The minimum atomic E-state index is 0.334. The van der Waals surface area contributed by atoms with Crippen LogP contribution in [0.1, 0.15) is 57.4 Å². The third kappa shape index (κ3) is 4.59. The Morgan fingerprint density at radius 2 is 1.90 bits per heavy atom. The molecule has 20 heavy (non-hydrogen) atoms. The van der Waals surface area contributed by atoms with Crippen LogP contribution in [0.25, 0.3) is 0 Å². The molecule has 0 unspecified atom stereocenters. The van der Waals surface area contributed by atoms with Crippen molar-refractivity contribution in [2.75, 3.05) is 6.61 Å². The molecule has 3 heteroatoms. The Morgan fingerprint density at radius 1 is 1.15 bits per heavy atom. The summed E-state index contributed by atoms with van der Waals surface area (Å²) < 4.78 is 11.9. The zero-order chi connectivity index (χ0) is 14.2. The molecule has 2 nitrogen and oxygen atoms in total. The quantitative estimate of drug-likeness (QED) is 0.523. The lowest BCUT2D eigenvalue weighted by atomic mass is 10.1. The summed E-state index contributed by atoms with van der Waals surface area (Å²) in [7, 11) is 0. The van der Waals surface area contributed by atoms with E-state index in [0.717, 1.165) is 42.9 Å². The number of alkyl halides is 1. The van der Waals surface area contributed by atoms with Gasteiger partial charge in [-0.3, -0.25) is 0 Å². The smallest absolute Gasteiger partial charge is 0.127 e. The molecule has 0 amide bonds. The summed E-state index contributed by atoms with van der Waals surface area (Å²) in [6.07, 6.45) is 8.87. The molecular weight excluding hydrogens is 272 g/mol. The molecule has 2 rings (SSSR count). The van der Waals surface area contributed by atoms with Gasteiger partial charge in [-0.15, -0.1) is 11.6 Å². The third-order valence-corrected chi connectivity index (χ3v) is 4.04. The van der Waals surface area contributed by atoms with Crippen LogP contribution in [0, 0.1) is 0 Å². The highest BCUT2D eigenvalue weighted by atomic mass is 35.5. The van der Waals surface area contributed by atoms with E-state index >= 15 is 0 Å². The van der Waals surface area contributed by atoms with Gasteiger partial charge in [0.2, 0.25) is 0 Å². The molecule has 1 aliphatic carbocycles. The number of rotatable bonds is 6. The fraction of sp³-hybridized carbons (Fsp3) is 0.647. The number of hydrogen-bond acceptors (Lipinski definition) is 2. The molecule has 0 saturated heterocycles. The molecule has 112 valence electrons. The average molecular weight is 297 g/mol. The van der Waals surface area contributed by atoms with E-state index in [-0.39, 0.29) is 0 Å². The molecule has 0 spiro atoms. The van der Waals surface area contributed by atoms with Gasteiger partial charge in [0.25, 0.3) is 0 Å². The predicted octanol–water partition coefficient (Wildman–Crippen LogP) is 5.32. The summed E-state index contributed by atoms with van der Waals surface area (Å²) in [5.41, 5.74) is 1.06. The molecule has 1 saturated carbocycles. The molecule has 1 aliphatic rings. The Hall–Kier alpha value is -0.890. The van der Waals surface area contributed by atoms with Gasteiger partial charge in [0.1, 0.15) is 11.5 Å². The molecule has 0 N–H and O–H groups in total. The first-order valence-electron chi connectivity index (χ1n) is 7.82. The lowest BCUT2D eigenvalue weighted by Crippen LogP contribution is -2.16. The van der Waals surface area contributed by atoms with Gasteiger partial charge in [0.05, 0.1) is 18.6 Å². The van der Waals surface area contributed by atoms with Crippen LogP contribution in [0.3, 0.4) is 0 Å². The summed E-state index contributed by atoms with van der Waals surface area (Å²) >= 11 is 6.02. The maximum Gasteiger partial charge on any atom is 0.127 e. The van der Waals surface area contributed by atoms with E-state index in [2.05, 4.69) is 6.92 Å². The molecule has 0 atom stereocenters. The lowest BCUT2D eigenvalue weighted by molar-refractivity contribution is 0.181. The van der Waals surface area contributed by atoms with Crippen molar-refractivity contribution in [2.24, 2.45) is 0 Å². The van der Waals surface area contributed by atoms with Crippen LogP contribution in [0.5, 0.6) is 11.5 Å². The summed E-state index contributed by atoms with van der Waals surface area (Å²) in [5.74, 6) is 2.26. The van der Waals surface area contributed by atoms with Crippen molar-refractivity contribution < 1.29 is 9.47 Å². The summed E-state index contributed by atoms with van der Waals surface area (Å²) in [6, 6.07) is 6.00. The molecule has 1 aromatic rings. The molecule has 0 radical (unpaired) electrons. The topological polar surface area (TPSA) is 18.5 Å². The first-order valence-corrected chi connectivity index (χ1v) is 8.35. The Morgan fingerprint density at radius 3 is 2.55 bits per heavy atom. The highest BCUT2D eigenvalue weighted by molar-refractivity contribution is 6.17. The van der Waals surface area contributed by atoms with Gasteiger partial charge in [-0.25, -0.2) is 0 Å². The van der Waals surface area contributed by atoms with Gasteiger partial charge >= 0.3 is 0 Å². The Labute approximate surface area is 127 Å². The lowest BCUT2D eigenvalue weighted by Gasteiger charge is -2.19. The number of benzene rings is 1. The monoisotopic (exact) mass is 296 g/mol. The van der Waals surface area contributed by atoms with Crippen molar-refractivity contribution in [3.63, 3.8) is 0 Å². The Bertz CT molecular complexity index is 398. The molecule has 0 aliphatic heterocycles. The first kappa shape index (κ1) is 15.5. The Balaban J connectivity index is 2.06. The van der Waals surface area contributed by atoms with Crippen LogP contribution >= 0.6 is 11.6 Å². The number of hydrogen-bond donors (Lipinski definition) is 0. The Kier molecular flexibility index (Phi) is 6.52. The molecule has 1 aromatic carbocycles. The van der Waals surface area contributed by atoms with Gasteiger partial charge in [0.15, 0.2) is 0 Å². The van der Waals surface area contributed by atoms with Crippen molar-refractivity contribution in [2.45, 2.75) is 63.9 Å². The highest BCUT2D eigenvalue weighted by Gasteiger charge is 2.16. The van der Waals surface area contributed by atoms with Gasteiger partial charge in [0, 0.05) is 11.6 Å². The minimum Gasteiger partial charge on any atom is -0.493 e. The van der Waals surface area contributed by atoms with Gasteiger partial charge in [-0.2, -0.15) is 0 Å². The van der Waals surface area contributed by atoms with Crippen LogP contribution in [0.2, 0.25) is 0 Å². The van der Waals surface area contributed by atoms with Crippen molar-refractivity contribution >= 4 is 11.6 Å². The first-order chi connectivity index (χ1) is 9.83. The van der Waals surface area contributed by atoms with E-state index in [1.807, 2.05) is 18.2 Å². The summed E-state index contributed by atoms with van der Waals surface area (Å²) in [6.45, 7) is 2.85. The van der Waals surface area contributed by atoms with E-state index in [4.69, 9.17) is 21.1 Å². The second-order valence-corrected chi connectivity index (χ2v) is 5.75. The average Bonchev–Trinajstić information content (AvgIpc) is 2.74. The maximum absolute atomic E-state index is 6.21. The normalized spacial score (nSPS) is 16.7. The van der Waals surface area contributed by atoms with Crippen molar-refractivity contribution in [1.29, 1.82) is 0 Å². The van der Waals surface area contributed by atoms with Gasteiger partial charge in [-0.1, -0.05) is 25.8 Å². The zero-order valence-corrected chi connectivity index (χ0v) is 13.1. The fourth-order valence-electron chi connectivity index (χ4n) is 2.60. The van der Waals surface area contributed by atoms with Crippen molar-refractivity contribution in [1.82, 2.24) is 0 Å². The van der Waals surface area contributed by atoms with E-state index in [0.29, 0.717) is 12.0 Å². The van der Waals surface area contributed by atoms with E-state index < -0.39 is 0 Å². The minimum absolute atomic E-state index is 0.334. The zero-order valence-electron chi connectivity index (χ0n) is 12.4. The predicted molar refractivity (Wildman–Crippen MR) is 83.9 cm³/mol. The second kappa shape index (κ2) is 8.41. The molecule has 0 heterocycles. The standard InChI is InChI=1S/C17H25ClO2/c1-2-11-19-16-10-9-14(13-18)17(12-16)20-15-7-5-3-4-6-8-15/h9-10,12,15H,2-8,11,13H2,1H3. The van der Waals surface area contributed by atoms with Crippen LogP contribution in [-0.4, -0.2) is 12.7 Å². The van der Waals surface area contributed by atoms with E-state index in [1.165, 1.54) is 25.7 Å². The molecule has 1 fully saturated rings. The number of ether oxygens (including phenoxy) is 2. The van der Waals surface area contributed by atoms with Crippen molar-refractivity contribution in [3.05, 3.63) is 23.8 Å². The molecule has 0 bridgehead atoms. The highest BCUT2D eigenvalue weighted by Crippen LogP contribution is 2.30. The maximum atomic E-state index is 6.21. The SMILES string of the molecule is CCCOc1ccc(CCl)c(OC2CCCCCC2)c1. The molecule has 0 aromatic heterocycles. The van der Waals surface area contributed by atoms with Crippen LogP contribution in [-0.2, 0) is 5.88 Å². The summed E-state index contributed by atoms with van der Waals surface area (Å²) in [5, 5.41) is 0. The van der Waals surface area contributed by atoms with Crippen molar-refractivity contribution in [3.8, 4) is 11.5 Å². The molecular formula is C17H25ClO2. The van der Waals surface area contributed by atoms with Gasteiger partial charge in [-0.05, 0) is 38.2 Å². The van der Waals surface area contributed by atoms with Gasteiger partial charge < -0.3 is 9.47 Å². The van der Waals surface area contributed by atoms with E-state index in [9.17, 15) is 0 Å². The van der Waals surface area contributed by atoms with Crippen LogP contribution < -0.4 is 9.47 Å².